The van der Waals surface area contributed by atoms with Crippen LogP contribution in [-0.4, -0.2) is 33.4 Å². The first-order chi connectivity index (χ1) is 11.0. The zero-order valence-corrected chi connectivity index (χ0v) is 14.2. The maximum absolute atomic E-state index is 12.4. The lowest BCUT2D eigenvalue weighted by molar-refractivity contribution is 0.415. The molecule has 0 aliphatic carbocycles. The summed E-state index contributed by atoms with van der Waals surface area (Å²) in [5, 5.41) is 0. The second-order valence-corrected chi connectivity index (χ2v) is 7.15. The van der Waals surface area contributed by atoms with E-state index in [2.05, 4.69) is 0 Å². The van der Waals surface area contributed by atoms with Gasteiger partial charge in [0.1, 0.15) is 5.75 Å². The van der Waals surface area contributed by atoms with E-state index in [0.717, 1.165) is 11.3 Å². The predicted octanol–water partition coefficient (Wildman–Crippen LogP) is 3.42. The van der Waals surface area contributed by atoms with Crippen molar-refractivity contribution in [3.05, 3.63) is 66.2 Å². The fourth-order valence-electron chi connectivity index (χ4n) is 2.08. The lowest BCUT2D eigenvalue weighted by atomic mass is 10.2. The molecule has 0 atom stereocenters. The van der Waals surface area contributed by atoms with E-state index in [1.807, 2.05) is 36.4 Å². The van der Waals surface area contributed by atoms with Crippen LogP contribution in [0.1, 0.15) is 12.0 Å². The zero-order valence-electron chi connectivity index (χ0n) is 13.3. The first kappa shape index (κ1) is 17.2. The van der Waals surface area contributed by atoms with Crippen LogP contribution in [0.25, 0.3) is 6.08 Å². The molecule has 2 aromatic rings. The maximum Gasteiger partial charge on any atom is 0.242 e. The Bertz CT molecular complexity index is 738. The summed E-state index contributed by atoms with van der Waals surface area (Å²) in [5.41, 5.74) is 1.05. The van der Waals surface area contributed by atoms with Crippen molar-refractivity contribution in [2.75, 3.05) is 20.7 Å². The molecular weight excluding hydrogens is 310 g/mol. The smallest absolute Gasteiger partial charge is 0.242 e. The third-order valence-electron chi connectivity index (χ3n) is 3.49. The van der Waals surface area contributed by atoms with Crippen molar-refractivity contribution in [1.29, 1.82) is 0 Å². The molecule has 0 bridgehead atoms. The van der Waals surface area contributed by atoms with Crippen LogP contribution < -0.4 is 4.74 Å². The van der Waals surface area contributed by atoms with Crippen LogP contribution in [0, 0.1) is 0 Å². The average Bonchev–Trinajstić information content (AvgIpc) is 2.59. The number of hydrogen-bond donors (Lipinski definition) is 0. The van der Waals surface area contributed by atoms with Crippen molar-refractivity contribution in [3.8, 4) is 5.75 Å². The molecule has 4 nitrogen and oxygen atoms in total. The Morgan fingerprint density at radius 3 is 2.30 bits per heavy atom. The van der Waals surface area contributed by atoms with Gasteiger partial charge in [-0.1, -0.05) is 42.5 Å². The molecular formula is C18H21NO3S. The van der Waals surface area contributed by atoms with Gasteiger partial charge in [0.15, 0.2) is 0 Å². The number of methoxy groups -OCH3 is 1. The van der Waals surface area contributed by atoms with Gasteiger partial charge in [0, 0.05) is 13.6 Å². The summed E-state index contributed by atoms with van der Waals surface area (Å²) in [6.45, 7) is 0.434. The quantitative estimate of drug-likeness (QED) is 0.781. The van der Waals surface area contributed by atoms with Gasteiger partial charge in [-0.15, -0.1) is 0 Å². The number of hydrogen-bond acceptors (Lipinski definition) is 3. The average molecular weight is 331 g/mol. The molecule has 0 unspecified atom stereocenters. The highest BCUT2D eigenvalue weighted by Gasteiger charge is 2.19. The number of rotatable bonds is 7. The maximum atomic E-state index is 12.4. The Morgan fingerprint density at radius 1 is 1.04 bits per heavy atom. The second kappa shape index (κ2) is 7.94. The van der Waals surface area contributed by atoms with E-state index in [4.69, 9.17) is 4.74 Å². The summed E-state index contributed by atoms with van der Waals surface area (Å²) in [6, 6.07) is 16.2. The molecule has 0 amide bonds. The lowest BCUT2D eigenvalue weighted by Crippen LogP contribution is -2.27. The molecule has 0 saturated carbocycles. The standard InChI is InChI=1S/C18H21NO3S/c1-19(23(20,21)18-9-4-3-5-10-18)15-7-6-8-16-11-13-17(22-2)14-12-16/h3-6,8-14H,7,15H2,1-2H3/b8-6+. The van der Waals surface area contributed by atoms with Crippen molar-refractivity contribution < 1.29 is 13.2 Å². The Balaban J connectivity index is 1.91. The first-order valence-electron chi connectivity index (χ1n) is 7.36. The topological polar surface area (TPSA) is 46.6 Å². The van der Waals surface area contributed by atoms with Crippen LogP contribution in [0.2, 0.25) is 0 Å². The lowest BCUT2D eigenvalue weighted by Gasteiger charge is -2.16. The molecule has 23 heavy (non-hydrogen) atoms. The fourth-order valence-corrected chi connectivity index (χ4v) is 3.29. The van der Waals surface area contributed by atoms with Crippen molar-refractivity contribution in [3.63, 3.8) is 0 Å². The molecule has 0 fully saturated rings. The summed E-state index contributed by atoms with van der Waals surface area (Å²) in [5.74, 6) is 0.816. The number of benzene rings is 2. The Morgan fingerprint density at radius 2 is 1.70 bits per heavy atom. The Hall–Kier alpha value is -2.11. The minimum absolute atomic E-state index is 0.321. The van der Waals surface area contributed by atoms with Gasteiger partial charge in [-0.05, 0) is 36.2 Å². The van der Waals surface area contributed by atoms with Gasteiger partial charge in [0.25, 0.3) is 0 Å². The van der Waals surface area contributed by atoms with Gasteiger partial charge < -0.3 is 4.74 Å². The summed E-state index contributed by atoms with van der Waals surface area (Å²) in [6.07, 6.45) is 4.59. The minimum Gasteiger partial charge on any atom is -0.497 e. The zero-order chi connectivity index (χ0) is 16.7. The third kappa shape index (κ3) is 4.68. The molecule has 0 heterocycles. The molecule has 0 spiro atoms. The highest BCUT2D eigenvalue weighted by atomic mass is 32.2. The van der Waals surface area contributed by atoms with Crippen molar-refractivity contribution in [2.45, 2.75) is 11.3 Å². The number of ether oxygens (including phenoxy) is 1. The second-order valence-electron chi connectivity index (χ2n) is 5.10. The molecule has 0 saturated heterocycles. The van der Waals surface area contributed by atoms with Gasteiger partial charge in [-0.25, -0.2) is 12.7 Å². The molecule has 0 N–H and O–H groups in total. The fraction of sp³-hybridized carbons (Fsp3) is 0.222. The normalized spacial score (nSPS) is 12.0. The summed E-state index contributed by atoms with van der Waals surface area (Å²) in [7, 11) is -0.177. The Labute approximate surface area is 138 Å². The van der Waals surface area contributed by atoms with E-state index in [0.29, 0.717) is 17.9 Å². The molecule has 2 aromatic carbocycles. The molecule has 122 valence electrons. The third-order valence-corrected chi connectivity index (χ3v) is 5.36. The van der Waals surface area contributed by atoms with Crippen LogP contribution in [0.4, 0.5) is 0 Å². The predicted molar refractivity (Wildman–Crippen MR) is 92.9 cm³/mol. The van der Waals surface area contributed by atoms with E-state index >= 15 is 0 Å². The van der Waals surface area contributed by atoms with Crippen LogP contribution in [-0.2, 0) is 10.0 Å². The molecule has 0 radical (unpaired) electrons. The van der Waals surface area contributed by atoms with Gasteiger partial charge in [0.05, 0.1) is 12.0 Å². The van der Waals surface area contributed by atoms with Crippen LogP contribution in [0.15, 0.2) is 65.6 Å². The van der Waals surface area contributed by atoms with Gasteiger partial charge >= 0.3 is 0 Å². The Kier molecular flexibility index (Phi) is 5.96. The van der Waals surface area contributed by atoms with Crippen molar-refractivity contribution >= 4 is 16.1 Å². The van der Waals surface area contributed by atoms with Crippen LogP contribution in [0.3, 0.4) is 0 Å². The molecule has 5 heteroatoms. The highest BCUT2D eigenvalue weighted by Crippen LogP contribution is 2.15. The summed E-state index contributed by atoms with van der Waals surface area (Å²) >= 11 is 0. The largest absolute Gasteiger partial charge is 0.497 e. The molecule has 0 aromatic heterocycles. The molecule has 0 aliphatic rings. The van der Waals surface area contributed by atoms with E-state index < -0.39 is 10.0 Å². The first-order valence-corrected chi connectivity index (χ1v) is 8.80. The highest BCUT2D eigenvalue weighted by molar-refractivity contribution is 7.89. The van der Waals surface area contributed by atoms with E-state index in [9.17, 15) is 8.42 Å². The monoisotopic (exact) mass is 331 g/mol. The minimum atomic E-state index is -3.41. The van der Waals surface area contributed by atoms with Crippen LogP contribution in [0.5, 0.6) is 5.75 Å². The summed E-state index contributed by atoms with van der Waals surface area (Å²) in [4.78, 5) is 0.321. The van der Waals surface area contributed by atoms with Crippen molar-refractivity contribution in [1.82, 2.24) is 4.31 Å². The van der Waals surface area contributed by atoms with Gasteiger partial charge in [-0.3, -0.25) is 0 Å². The molecule has 2 rings (SSSR count). The molecule has 0 aliphatic heterocycles. The van der Waals surface area contributed by atoms with E-state index in [-0.39, 0.29) is 0 Å². The van der Waals surface area contributed by atoms with E-state index in [1.165, 1.54) is 4.31 Å². The summed E-state index contributed by atoms with van der Waals surface area (Å²) < 4.78 is 31.2. The van der Waals surface area contributed by atoms with E-state index in [1.54, 1.807) is 44.5 Å². The van der Waals surface area contributed by atoms with Gasteiger partial charge in [0.2, 0.25) is 10.0 Å². The van der Waals surface area contributed by atoms with Crippen molar-refractivity contribution in [2.24, 2.45) is 0 Å². The SMILES string of the molecule is COc1ccc(/C=C/CCN(C)S(=O)(=O)c2ccccc2)cc1. The number of nitrogens with zero attached hydrogens (tertiary/aromatic N) is 1. The van der Waals surface area contributed by atoms with Crippen LogP contribution >= 0.6 is 0 Å². The van der Waals surface area contributed by atoms with Gasteiger partial charge in [-0.2, -0.15) is 0 Å². The number of sulfonamides is 1.